The number of hydrogen-bond acceptors (Lipinski definition) is 3. The number of hydrogen-bond donors (Lipinski definition) is 0. The summed E-state index contributed by atoms with van der Waals surface area (Å²) in [5.74, 6) is 0. The van der Waals surface area contributed by atoms with E-state index in [2.05, 4.69) is 31.5 Å². The van der Waals surface area contributed by atoms with Crippen molar-refractivity contribution in [3.63, 3.8) is 0 Å². The van der Waals surface area contributed by atoms with Crippen LogP contribution in [0.2, 0.25) is 19.1 Å². The summed E-state index contributed by atoms with van der Waals surface area (Å²) in [4.78, 5) is 2.43. The van der Waals surface area contributed by atoms with Crippen LogP contribution in [-0.2, 0) is 9.16 Å². The summed E-state index contributed by atoms with van der Waals surface area (Å²) in [6.07, 6.45) is 3.68. The minimum absolute atomic E-state index is 0.479. The molecule has 1 atom stereocenters. The zero-order chi connectivity index (χ0) is 12.7. The Bertz CT molecular complexity index is 229. The highest BCUT2D eigenvalue weighted by molar-refractivity contribution is 6.71. The van der Waals surface area contributed by atoms with Crippen LogP contribution in [0.25, 0.3) is 0 Å². The maximum Gasteiger partial charge on any atom is 0.186 e. The lowest BCUT2D eigenvalue weighted by Crippen LogP contribution is -2.33. The summed E-state index contributed by atoms with van der Waals surface area (Å²) in [6.45, 7) is 15.5. The molecule has 1 unspecified atom stereocenters. The number of ether oxygens (including phenoxy) is 1. The lowest BCUT2D eigenvalue weighted by atomic mass is 10.3. The summed E-state index contributed by atoms with van der Waals surface area (Å²) in [5, 5.41) is 0. The zero-order valence-corrected chi connectivity index (χ0v) is 12.6. The molecule has 3 nitrogen and oxygen atoms in total. The van der Waals surface area contributed by atoms with E-state index in [1.807, 2.05) is 6.08 Å². The van der Waals surface area contributed by atoms with Crippen LogP contribution in [0.5, 0.6) is 0 Å². The molecule has 4 heteroatoms. The van der Waals surface area contributed by atoms with Gasteiger partial charge < -0.3 is 9.16 Å². The van der Waals surface area contributed by atoms with Gasteiger partial charge in [-0.25, -0.2) is 0 Å². The van der Waals surface area contributed by atoms with Gasteiger partial charge in [-0.1, -0.05) is 6.08 Å². The fraction of sp³-hybridized carbons (Fsp3) is 0.846. The Kier molecular flexibility index (Phi) is 6.41. The van der Waals surface area contributed by atoms with Crippen molar-refractivity contribution in [3.8, 4) is 0 Å². The van der Waals surface area contributed by atoms with E-state index in [1.165, 1.54) is 12.5 Å². The zero-order valence-electron chi connectivity index (χ0n) is 11.6. The first-order chi connectivity index (χ1) is 8.07. The van der Waals surface area contributed by atoms with Gasteiger partial charge in [0.05, 0.1) is 12.7 Å². The molecule has 1 aliphatic rings. The monoisotopic (exact) mass is 257 g/mol. The molecule has 1 aliphatic heterocycles. The number of nitrogens with zero attached hydrogens (tertiary/aromatic N) is 1. The van der Waals surface area contributed by atoms with Crippen molar-refractivity contribution in [2.45, 2.75) is 38.6 Å². The number of rotatable bonds is 10. The normalized spacial score (nSPS) is 19.6. The molecule has 0 saturated carbocycles. The Hall–Kier alpha value is -0.163. The predicted molar refractivity (Wildman–Crippen MR) is 74.9 cm³/mol. The first-order valence-corrected chi connectivity index (χ1v) is 9.77. The Morgan fingerprint density at radius 3 is 2.76 bits per heavy atom. The highest BCUT2D eigenvalue weighted by Crippen LogP contribution is 2.16. The summed E-state index contributed by atoms with van der Waals surface area (Å²) in [5.41, 5.74) is 0. The molecule has 17 heavy (non-hydrogen) atoms. The van der Waals surface area contributed by atoms with Gasteiger partial charge in [0.15, 0.2) is 8.32 Å². The van der Waals surface area contributed by atoms with E-state index < -0.39 is 8.32 Å². The molecule has 0 radical (unpaired) electrons. The van der Waals surface area contributed by atoms with Crippen molar-refractivity contribution >= 4 is 8.32 Å². The van der Waals surface area contributed by atoms with Gasteiger partial charge in [0.1, 0.15) is 0 Å². The highest BCUT2D eigenvalue weighted by Gasteiger charge is 2.26. The lowest BCUT2D eigenvalue weighted by Gasteiger charge is -2.24. The van der Waals surface area contributed by atoms with Crippen LogP contribution >= 0.6 is 0 Å². The van der Waals surface area contributed by atoms with Gasteiger partial charge in [0.25, 0.3) is 0 Å². The molecular formula is C13H27NO2Si. The van der Waals surface area contributed by atoms with E-state index in [4.69, 9.17) is 9.16 Å². The predicted octanol–water partition coefficient (Wildman–Crippen LogP) is 2.50. The van der Waals surface area contributed by atoms with Crippen LogP contribution in [0.4, 0.5) is 0 Å². The van der Waals surface area contributed by atoms with Gasteiger partial charge in [0.2, 0.25) is 0 Å². The van der Waals surface area contributed by atoms with Crippen molar-refractivity contribution < 1.29 is 9.16 Å². The third kappa shape index (κ3) is 6.98. The fourth-order valence-electron chi connectivity index (χ4n) is 2.09. The average Bonchev–Trinajstić information content (AvgIpc) is 3.01. The van der Waals surface area contributed by atoms with Crippen LogP contribution in [-0.4, -0.2) is 52.2 Å². The van der Waals surface area contributed by atoms with Gasteiger partial charge in [-0.15, -0.1) is 6.58 Å². The largest absolute Gasteiger partial charge is 0.418 e. The molecule has 0 bridgehead atoms. The summed E-state index contributed by atoms with van der Waals surface area (Å²) in [6, 6.07) is 1.24. The molecule has 0 spiro atoms. The Morgan fingerprint density at radius 2 is 2.24 bits per heavy atom. The van der Waals surface area contributed by atoms with Crippen molar-refractivity contribution in [2.75, 3.05) is 32.8 Å². The van der Waals surface area contributed by atoms with Gasteiger partial charge in [-0.05, 0) is 39.0 Å². The molecule has 1 heterocycles. The second-order valence-corrected chi connectivity index (χ2v) is 9.61. The quantitative estimate of drug-likeness (QED) is 0.341. The maximum atomic E-state index is 5.84. The maximum absolute atomic E-state index is 5.84. The van der Waals surface area contributed by atoms with Crippen molar-refractivity contribution in [1.29, 1.82) is 0 Å². The Balaban J connectivity index is 2.18. The van der Waals surface area contributed by atoms with E-state index in [-0.39, 0.29) is 0 Å². The first-order valence-electron chi connectivity index (χ1n) is 6.66. The molecule has 0 aromatic heterocycles. The summed E-state index contributed by atoms with van der Waals surface area (Å²) < 4.78 is 11.1. The van der Waals surface area contributed by atoms with Crippen molar-refractivity contribution in [2.24, 2.45) is 0 Å². The van der Waals surface area contributed by atoms with Crippen LogP contribution in [0.3, 0.4) is 0 Å². The second-order valence-electron chi connectivity index (χ2n) is 5.30. The Labute approximate surface area is 107 Å². The SMILES string of the molecule is C=CCN(CCC[Si](C)(C)OCC)CC1CO1. The first kappa shape index (κ1) is 14.9. The lowest BCUT2D eigenvalue weighted by molar-refractivity contribution is 0.260. The van der Waals surface area contributed by atoms with E-state index in [0.29, 0.717) is 6.10 Å². The van der Waals surface area contributed by atoms with Crippen LogP contribution in [0.15, 0.2) is 12.7 Å². The van der Waals surface area contributed by atoms with Gasteiger partial charge in [0, 0.05) is 19.7 Å². The van der Waals surface area contributed by atoms with Gasteiger partial charge >= 0.3 is 0 Å². The molecule has 0 aromatic rings. The molecule has 0 amide bonds. The molecular weight excluding hydrogens is 230 g/mol. The van der Waals surface area contributed by atoms with Gasteiger partial charge in [-0.2, -0.15) is 0 Å². The standard InChI is InChI=1S/C13H27NO2Si/c1-5-8-14(11-13-12-15-13)9-7-10-17(3,4)16-6-2/h5,13H,1,6-12H2,2-4H3. The molecule has 0 aliphatic carbocycles. The summed E-state index contributed by atoms with van der Waals surface area (Å²) >= 11 is 0. The van der Waals surface area contributed by atoms with Crippen LogP contribution in [0, 0.1) is 0 Å². The molecule has 1 fully saturated rings. The third-order valence-electron chi connectivity index (χ3n) is 3.04. The smallest absolute Gasteiger partial charge is 0.186 e. The third-order valence-corrected chi connectivity index (χ3v) is 5.67. The second kappa shape index (κ2) is 7.31. The minimum Gasteiger partial charge on any atom is -0.418 e. The molecule has 100 valence electrons. The average molecular weight is 257 g/mol. The topological polar surface area (TPSA) is 25.0 Å². The van der Waals surface area contributed by atoms with Crippen LogP contribution < -0.4 is 0 Å². The van der Waals surface area contributed by atoms with E-state index in [0.717, 1.165) is 32.8 Å². The van der Waals surface area contributed by atoms with Crippen molar-refractivity contribution in [1.82, 2.24) is 4.90 Å². The number of epoxide rings is 1. The minimum atomic E-state index is -1.40. The highest BCUT2D eigenvalue weighted by atomic mass is 28.4. The van der Waals surface area contributed by atoms with Crippen LogP contribution in [0.1, 0.15) is 13.3 Å². The fourth-order valence-corrected chi connectivity index (χ4v) is 4.03. The van der Waals surface area contributed by atoms with Crippen molar-refractivity contribution in [3.05, 3.63) is 12.7 Å². The Morgan fingerprint density at radius 1 is 1.53 bits per heavy atom. The molecule has 1 saturated heterocycles. The molecule has 0 N–H and O–H groups in total. The van der Waals surface area contributed by atoms with E-state index in [1.54, 1.807) is 0 Å². The molecule has 1 rings (SSSR count). The molecule has 0 aromatic carbocycles. The summed E-state index contributed by atoms with van der Waals surface area (Å²) in [7, 11) is -1.40. The van der Waals surface area contributed by atoms with E-state index >= 15 is 0 Å². The van der Waals surface area contributed by atoms with E-state index in [9.17, 15) is 0 Å². The van der Waals surface area contributed by atoms with Gasteiger partial charge in [-0.3, -0.25) is 4.90 Å².